The topological polar surface area (TPSA) is 46.5 Å². The first-order valence-corrected chi connectivity index (χ1v) is 7.15. The fourth-order valence-electron chi connectivity index (χ4n) is 1.58. The lowest BCUT2D eigenvalue weighted by Crippen LogP contribution is -2.22. The SMILES string of the molecule is CCOc1ccc(CSC(C(=O)O)C(C)C)cc1. The van der Waals surface area contributed by atoms with Crippen LogP contribution in [0.25, 0.3) is 0 Å². The van der Waals surface area contributed by atoms with Gasteiger partial charge in [-0.2, -0.15) is 0 Å². The molecule has 0 radical (unpaired) electrons. The van der Waals surface area contributed by atoms with Crippen molar-refractivity contribution in [3.63, 3.8) is 0 Å². The second-order valence-electron chi connectivity index (χ2n) is 4.39. The van der Waals surface area contributed by atoms with Gasteiger partial charge in [0.15, 0.2) is 0 Å². The summed E-state index contributed by atoms with van der Waals surface area (Å²) >= 11 is 1.47. The summed E-state index contributed by atoms with van der Waals surface area (Å²) in [6, 6.07) is 7.81. The number of carbonyl (C=O) groups is 1. The third-order valence-electron chi connectivity index (χ3n) is 2.51. The van der Waals surface area contributed by atoms with Crippen molar-refractivity contribution in [2.24, 2.45) is 5.92 Å². The van der Waals surface area contributed by atoms with E-state index < -0.39 is 5.97 Å². The number of carboxylic acid groups (broad SMARTS) is 1. The molecule has 0 fully saturated rings. The average Bonchev–Trinajstić information content (AvgIpc) is 2.31. The van der Waals surface area contributed by atoms with Crippen molar-refractivity contribution in [2.45, 2.75) is 31.8 Å². The van der Waals surface area contributed by atoms with Gasteiger partial charge < -0.3 is 9.84 Å². The molecule has 0 spiro atoms. The molecule has 0 aliphatic heterocycles. The molecule has 1 atom stereocenters. The van der Waals surface area contributed by atoms with Crippen molar-refractivity contribution in [2.75, 3.05) is 6.61 Å². The van der Waals surface area contributed by atoms with Gasteiger partial charge in [0, 0.05) is 5.75 Å². The van der Waals surface area contributed by atoms with Crippen molar-refractivity contribution in [3.8, 4) is 5.75 Å². The Morgan fingerprint density at radius 1 is 1.33 bits per heavy atom. The molecule has 1 N–H and O–H groups in total. The number of thioether (sulfide) groups is 1. The minimum Gasteiger partial charge on any atom is -0.494 e. The Labute approximate surface area is 113 Å². The van der Waals surface area contributed by atoms with Crippen LogP contribution in [0, 0.1) is 5.92 Å². The van der Waals surface area contributed by atoms with E-state index in [1.807, 2.05) is 45.0 Å². The zero-order valence-corrected chi connectivity index (χ0v) is 11.9. The molecule has 0 aliphatic rings. The average molecular weight is 268 g/mol. The van der Waals surface area contributed by atoms with Gasteiger partial charge in [-0.3, -0.25) is 4.79 Å². The first kappa shape index (κ1) is 14.9. The lowest BCUT2D eigenvalue weighted by Gasteiger charge is -2.15. The molecule has 0 heterocycles. The first-order chi connectivity index (χ1) is 8.54. The quantitative estimate of drug-likeness (QED) is 0.823. The Bertz CT molecular complexity index is 373. The Hall–Kier alpha value is -1.16. The van der Waals surface area contributed by atoms with Crippen molar-refractivity contribution >= 4 is 17.7 Å². The van der Waals surface area contributed by atoms with Crippen LogP contribution in [-0.2, 0) is 10.5 Å². The number of carboxylic acids is 1. The van der Waals surface area contributed by atoms with Crippen LogP contribution in [0.3, 0.4) is 0 Å². The smallest absolute Gasteiger partial charge is 0.316 e. The highest BCUT2D eigenvalue weighted by atomic mass is 32.2. The van der Waals surface area contributed by atoms with Gasteiger partial charge in [-0.25, -0.2) is 0 Å². The lowest BCUT2D eigenvalue weighted by atomic mass is 10.1. The number of rotatable bonds is 7. The van der Waals surface area contributed by atoms with Gasteiger partial charge in [-0.15, -0.1) is 11.8 Å². The number of aliphatic carboxylic acids is 1. The minimum atomic E-state index is -0.735. The largest absolute Gasteiger partial charge is 0.494 e. The maximum Gasteiger partial charge on any atom is 0.316 e. The molecule has 100 valence electrons. The highest BCUT2D eigenvalue weighted by Gasteiger charge is 2.21. The Balaban J connectivity index is 2.54. The van der Waals surface area contributed by atoms with Crippen LogP contribution >= 0.6 is 11.8 Å². The monoisotopic (exact) mass is 268 g/mol. The number of hydrogen-bond acceptors (Lipinski definition) is 3. The van der Waals surface area contributed by atoms with E-state index in [4.69, 9.17) is 9.84 Å². The highest BCUT2D eigenvalue weighted by Crippen LogP contribution is 2.25. The van der Waals surface area contributed by atoms with Crippen LogP contribution in [0.2, 0.25) is 0 Å². The minimum absolute atomic E-state index is 0.134. The van der Waals surface area contributed by atoms with E-state index in [1.54, 1.807) is 0 Å². The van der Waals surface area contributed by atoms with E-state index in [9.17, 15) is 4.79 Å². The summed E-state index contributed by atoms with van der Waals surface area (Å²) in [5.74, 6) is 0.961. The molecule has 0 aliphatic carbocycles. The molecule has 0 aromatic heterocycles. The highest BCUT2D eigenvalue weighted by molar-refractivity contribution is 7.99. The molecule has 4 heteroatoms. The van der Waals surface area contributed by atoms with E-state index in [0.29, 0.717) is 12.4 Å². The summed E-state index contributed by atoms with van der Waals surface area (Å²) in [7, 11) is 0. The number of benzene rings is 1. The number of hydrogen-bond donors (Lipinski definition) is 1. The first-order valence-electron chi connectivity index (χ1n) is 6.10. The van der Waals surface area contributed by atoms with Gasteiger partial charge in [0.05, 0.1) is 6.61 Å². The van der Waals surface area contributed by atoms with Crippen molar-refractivity contribution in [3.05, 3.63) is 29.8 Å². The van der Waals surface area contributed by atoms with E-state index >= 15 is 0 Å². The second kappa shape index (κ2) is 7.31. The standard InChI is InChI=1S/C14H20O3S/c1-4-17-12-7-5-11(6-8-12)9-18-13(10(2)3)14(15)16/h5-8,10,13H,4,9H2,1-3H3,(H,15,16). The molecule has 0 bridgehead atoms. The molecule has 3 nitrogen and oxygen atoms in total. The normalized spacial score (nSPS) is 12.4. The molecule has 0 saturated carbocycles. The van der Waals surface area contributed by atoms with Gasteiger partial charge in [-0.1, -0.05) is 26.0 Å². The maximum atomic E-state index is 11.1. The predicted molar refractivity (Wildman–Crippen MR) is 75.2 cm³/mol. The molecule has 1 aromatic rings. The Morgan fingerprint density at radius 2 is 1.94 bits per heavy atom. The summed E-state index contributed by atoms with van der Waals surface area (Å²) in [5, 5.41) is 8.74. The van der Waals surface area contributed by atoms with Crippen LogP contribution in [0.1, 0.15) is 26.3 Å². The molecule has 0 amide bonds. The predicted octanol–water partition coefficient (Wildman–Crippen LogP) is 3.43. The summed E-state index contributed by atoms with van der Waals surface area (Å²) in [5.41, 5.74) is 1.12. The van der Waals surface area contributed by atoms with Crippen molar-refractivity contribution in [1.29, 1.82) is 0 Å². The zero-order chi connectivity index (χ0) is 13.5. The van der Waals surface area contributed by atoms with Crippen molar-refractivity contribution in [1.82, 2.24) is 0 Å². The fourth-order valence-corrected chi connectivity index (χ4v) is 2.68. The van der Waals surface area contributed by atoms with Gasteiger partial charge in [0.1, 0.15) is 11.0 Å². The summed E-state index contributed by atoms with van der Waals surface area (Å²) < 4.78 is 5.36. The van der Waals surface area contributed by atoms with Crippen LogP contribution in [-0.4, -0.2) is 22.9 Å². The fraction of sp³-hybridized carbons (Fsp3) is 0.500. The zero-order valence-electron chi connectivity index (χ0n) is 11.1. The van der Waals surface area contributed by atoms with Crippen LogP contribution in [0.5, 0.6) is 5.75 Å². The van der Waals surface area contributed by atoms with Gasteiger partial charge in [0.25, 0.3) is 0 Å². The summed E-state index contributed by atoms with van der Waals surface area (Å²) in [4.78, 5) is 11.1. The van der Waals surface area contributed by atoms with E-state index in [1.165, 1.54) is 11.8 Å². The van der Waals surface area contributed by atoms with Gasteiger partial charge >= 0.3 is 5.97 Å². The number of ether oxygens (including phenoxy) is 1. The molecular weight excluding hydrogens is 248 g/mol. The maximum absolute atomic E-state index is 11.1. The van der Waals surface area contributed by atoms with Crippen LogP contribution < -0.4 is 4.74 Å². The second-order valence-corrected chi connectivity index (χ2v) is 5.52. The Kier molecular flexibility index (Phi) is 6.05. The van der Waals surface area contributed by atoms with Crippen LogP contribution in [0.4, 0.5) is 0 Å². The van der Waals surface area contributed by atoms with Crippen LogP contribution in [0.15, 0.2) is 24.3 Å². The Morgan fingerprint density at radius 3 is 2.39 bits per heavy atom. The third kappa shape index (κ3) is 4.61. The summed E-state index contributed by atoms with van der Waals surface area (Å²) in [6.07, 6.45) is 0. The molecule has 1 rings (SSSR count). The van der Waals surface area contributed by atoms with Gasteiger partial charge in [-0.05, 0) is 30.5 Å². The molecule has 1 unspecified atom stereocenters. The van der Waals surface area contributed by atoms with E-state index in [2.05, 4.69) is 0 Å². The molecular formula is C14H20O3S. The van der Waals surface area contributed by atoms with E-state index in [0.717, 1.165) is 11.3 Å². The molecule has 0 saturated heterocycles. The van der Waals surface area contributed by atoms with E-state index in [-0.39, 0.29) is 11.2 Å². The summed E-state index contributed by atoms with van der Waals surface area (Å²) in [6.45, 7) is 6.47. The molecule has 1 aromatic carbocycles. The lowest BCUT2D eigenvalue weighted by molar-refractivity contribution is -0.137. The third-order valence-corrected chi connectivity index (χ3v) is 4.12. The van der Waals surface area contributed by atoms with Gasteiger partial charge in [0.2, 0.25) is 0 Å². The molecule has 18 heavy (non-hydrogen) atoms. The van der Waals surface area contributed by atoms with Crippen molar-refractivity contribution < 1.29 is 14.6 Å².